The summed E-state index contributed by atoms with van der Waals surface area (Å²) in [5, 5.41) is 1.55. The van der Waals surface area contributed by atoms with Crippen LogP contribution in [-0.4, -0.2) is 59.3 Å². The number of rotatable bonds is 7. The molecule has 1 atom stereocenters. The average molecular weight is 424 g/mol. The highest BCUT2D eigenvalue weighted by atomic mass is 32.2. The fourth-order valence-electron chi connectivity index (χ4n) is 3.42. The molecule has 2 heterocycles. The minimum Gasteiger partial charge on any atom is -0.497 e. The van der Waals surface area contributed by atoms with Gasteiger partial charge in [0, 0.05) is 24.0 Å². The van der Waals surface area contributed by atoms with Gasteiger partial charge in [-0.15, -0.1) is 0 Å². The highest BCUT2D eigenvalue weighted by Crippen LogP contribution is 2.30. The van der Waals surface area contributed by atoms with Crippen LogP contribution in [0.5, 0.6) is 5.75 Å². The number of carbonyl (C=O) groups excluding carboxylic acids is 1. The number of benzene rings is 2. The van der Waals surface area contributed by atoms with Gasteiger partial charge in [-0.3, -0.25) is 9.69 Å². The maximum absolute atomic E-state index is 13.0. The van der Waals surface area contributed by atoms with Gasteiger partial charge in [-0.25, -0.2) is 9.97 Å². The molecule has 4 rings (SSSR count). The van der Waals surface area contributed by atoms with Crippen molar-refractivity contribution in [3.63, 3.8) is 0 Å². The second-order valence-corrected chi connectivity index (χ2v) is 8.53. The second-order valence-electron chi connectivity index (χ2n) is 7.20. The largest absolute Gasteiger partial charge is 0.497 e. The third-order valence-corrected chi connectivity index (χ3v) is 6.22. The lowest BCUT2D eigenvalue weighted by Crippen LogP contribution is -2.36. The van der Waals surface area contributed by atoms with E-state index in [2.05, 4.69) is 4.90 Å². The van der Waals surface area contributed by atoms with Crippen LogP contribution in [0.3, 0.4) is 0 Å². The summed E-state index contributed by atoms with van der Waals surface area (Å²) in [6.07, 6.45) is 0. The molecule has 0 saturated carbocycles. The Morgan fingerprint density at radius 2 is 1.87 bits per heavy atom. The van der Waals surface area contributed by atoms with E-state index in [1.165, 1.54) is 11.8 Å². The number of carbonyl (C=O) groups is 1. The van der Waals surface area contributed by atoms with E-state index in [1.807, 2.05) is 43.3 Å². The zero-order valence-electron chi connectivity index (χ0n) is 17.2. The fraction of sp³-hybridized carbons (Fsp3) is 0.348. The Morgan fingerprint density at radius 3 is 2.60 bits per heavy atom. The van der Waals surface area contributed by atoms with Gasteiger partial charge >= 0.3 is 0 Å². The summed E-state index contributed by atoms with van der Waals surface area (Å²) in [6, 6.07) is 15.2. The molecular formula is C23H25N3O3S. The van der Waals surface area contributed by atoms with Gasteiger partial charge in [0.15, 0.2) is 5.78 Å². The van der Waals surface area contributed by atoms with E-state index in [9.17, 15) is 4.79 Å². The minimum absolute atomic E-state index is 0.0695. The lowest BCUT2D eigenvalue weighted by molar-refractivity contribution is 0.0330. The molecule has 0 radical (unpaired) electrons. The van der Waals surface area contributed by atoms with E-state index in [-0.39, 0.29) is 11.0 Å². The van der Waals surface area contributed by atoms with Gasteiger partial charge < -0.3 is 9.47 Å². The van der Waals surface area contributed by atoms with Gasteiger partial charge in [-0.05, 0) is 37.3 Å². The van der Waals surface area contributed by atoms with Crippen molar-refractivity contribution in [3.05, 3.63) is 59.9 Å². The van der Waals surface area contributed by atoms with Crippen molar-refractivity contribution < 1.29 is 14.3 Å². The third kappa shape index (κ3) is 4.80. The number of Topliss-reactive ketones (excluding diaryl/α,β-unsaturated/α-hetero) is 1. The number of methoxy groups -OCH3 is 1. The molecule has 1 aromatic heterocycles. The van der Waals surface area contributed by atoms with Crippen LogP contribution in [-0.2, 0) is 11.3 Å². The Morgan fingerprint density at radius 1 is 1.13 bits per heavy atom. The van der Waals surface area contributed by atoms with Crippen LogP contribution in [0.15, 0.2) is 53.6 Å². The predicted octanol–water partition coefficient (Wildman–Crippen LogP) is 3.83. The van der Waals surface area contributed by atoms with Crippen molar-refractivity contribution >= 4 is 28.4 Å². The fourth-order valence-corrected chi connectivity index (χ4v) is 4.46. The van der Waals surface area contributed by atoms with Crippen LogP contribution in [0, 0.1) is 0 Å². The van der Waals surface area contributed by atoms with Crippen LogP contribution >= 0.6 is 11.8 Å². The predicted molar refractivity (Wildman–Crippen MR) is 118 cm³/mol. The van der Waals surface area contributed by atoms with E-state index < -0.39 is 0 Å². The third-order valence-electron chi connectivity index (χ3n) is 5.12. The van der Waals surface area contributed by atoms with Crippen LogP contribution in [0.4, 0.5) is 0 Å². The molecule has 1 aliphatic rings. The zero-order valence-corrected chi connectivity index (χ0v) is 18.0. The highest BCUT2D eigenvalue weighted by molar-refractivity contribution is 8.00. The number of ether oxygens (including phenoxy) is 2. The second kappa shape index (κ2) is 9.55. The van der Waals surface area contributed by atoms with Crippen LogP contribution in [0.25, 0.3) is 10.9 Å². The number of hydrogen-bond acceptors (Lipinski definition) is 7. The number of aromatic nitrogens is 2. The van der Waals surface area contributed by atoms with Gasteiger partial charge in [0.05, 0.1) is 37.6 Å². The number of thioether (sulfide) groups is 1. The summed E-state index contributed by atoms with van der Waals surface area (Å²) in [5.74, 6) is 1.59. The lowest BCUT2D eigenvalue weighted by Gasteiger charge is -2.26. The maximum Gasteiger partial charge on any atom is 0.175 e. The number of ketones is 1. The molecule has 156 valence electrons. The van der Waals surface area contributed by atoms with Gasteiger partial charge in [0.2, 0.25) is 0 Å². The van der Waals surface area contributed by atoms with E-state index in [4.69, 9.17) is 19.4 Å². The monoisotopic (exact) mass is 423 g/mol. The summed E-state index contributed by atoms with van der Waals surface area (Å²) < 4.78 is 10.6. The van der Waals surface area contributed by atoms with E-state index >= 15 is 0 Å². The van der Waals surface area contributed by atoms with Crippen molar-refractivity contribution in [2.75, 3.05) is 33.4 Å². The Kier molecular flexibility index (Phi) is 6.62. The summed E-state index contributed by atoms with van der Waals surface area (Å²) in [5.41, 5.74) is 1.57. The SMILES string of the molecule is COc1ccc(C(=O)C(C)Sc2nc(CN3CCOCC3)nc3ccccc23)cc1. The Hall–Kier alpha value is -2.48. The summed E-state index contributed by atoms with van der Waals surface area (Å²) >= 11 is 1.49. The molecule has 1 saturated heterocycles. The highest BCUT2D eigenvalue weighted by Gasteiger charge is 2.20. The zero-order chi connectivity index (χ0) is 20.9. The summed E-state index contributed by atoms with van der Waals surface area (Å²) in [4.78, 5) is 24.8. The molecule has 7 heteroatoms. The topological polar surface area (TPSA) is 64.5 Å². The molecule has 1 unspecified atom stereocenters. The molecular weight excluding hydrogens is 398 g/mol. The first-order valence-corrected chi connectivity index (χ1v) is 10.9. The van der Waals surface area contributed by atoms with Crippen molar-refractivity contribution in [1.82, 2.24) is 14.9 Å². The minimum atomic E-state index is -0.270. The lowest BCUT2D eigenvalue weighted by atomic mass is 10.1. The Labute approximate surface area is 180 Å². The standard InChI is InChI=1S/C23H25N3O3S/c1-16(22(27)17-7-9-18(28-2)10-8-17)30-23-19-5-3-4-6-20(19)24-21(25-23)15-26-11-13-29-14-12-26/h3-10,16H,11-15H2,1-2H3. The molecule has 30 heavy (non-hydrogen) atoms. The van der Waals surface area contributed by atoms with Crippen molar-refractivity contribution in [3.8, 4) is 5.75 Å². The molecule has 1 fully saturated rings. The summed E-state index contributed by atoms with van der Waals surface area (Å²) in [6.45, 7) is 5.85. The van der Waals surface area contributed by atoms with Gasteiger partial charge in [-0.1, -0.05) is 30.0 Å². The van der Waals surface area contributed by atoms with Crippen LogP contribution < -0.4 is 4.74 Å². The number of nitrogens with zero attached hydrogens (tertiary/aromatic N) is 3. The van der Waals surface area contributed by atoms with Gasteiger partial charge in [0.1, 0.15) is 16.6 Å². The quantitative estimate of drug-likeness (QED) is 0.325. The first-order valence-electron chi connectivity index (χ1n) is 10.0. The first-order chi connectivity index (χ1) is 14.6. The average Bonchev–Trinajstić information content (AvgIpc) is 2.79. The molecule has 0 aliphatic carbocycles. The number of morpholine rings is 1. The molecule has 0 amide bonds. The summed E-state index contributed by atoms with van der Waals surface area (Å²) in [7, 11) is 1.62. The van der Waals surface area contributed by atoms with E-state index in [1.54, 1.807) is 19.2 Å². The molecule has 0 bridgehead atoms. The molecule has 2 aromatic carbocycles. The molecule has 0 spiro atoms. The number of hydrogen-bond donors (Lipinski definition) is 0. The van der Waals surface area contributed by atoms with E-state index in [0.717, 1.165) is 53.8 Å². The maximum atomic E-state index is 13.0. The molecule has 0 N–H and O–H groups in total. The normalized spacial score (nSPS) is 15.8. The van der Waals surface area contributed by atoms with E-state index in [0.29, 0.717) is 12.1 Å². The van der Waals surface area contributed by atoms with Crippen molar-refractivity contribution in [2.24, 2.45) is 0 Å². The molecule has 6 nitrogen and oxygen atoms in total. The molecule has 1 aliphatic heterocycles. The number of para-hydroxylation sites is 1. The number of fused-ring (bicyclic) bond motifs is 1. The van der Waals surface area contributed by atoms with Crippen molar-refractivity contribution in [2.45, 2.75) is 23.7 Å². The van der Waals surface area contributed by atoms with Crippen molar-refractivity contribution in [1.29, 1.82) is 0 Å². The first kappa shape index (κ1) is 20.8. The van der Waals surface area contributed by atoms with Gasteiger partial charge in [-0.2, -0.15) is 0 Å². The van der Waals surface area contributed by atoms with Crippen LogP contribution in [0.2, 0.25) is 0 Å². The van der Waals surface area contributed by atoms with Crippen LogP contribution in [0.1, 0.15) is 23.1 Å². The Balaban J connectivity index is 1.57. The Bertz CT molecular complexity index is 1020. The van der Waals surface area contributed by atoms with Gasteiger partial charge in [0.25, 0.3) is 0 Å². The molecule has 3 aromatic rings. The smallest absolute Gasteiger partial charge is 0.175 e.